The molecule has 3 rings (SSSR count). The molecule has 0 N–H and O–H groups in total. The van der Waals surface area contributed by atoms with Gasteiger partial charge in [0, 0.05) is 49.1 Å². The zero-order valence-corrected chi connectivity index (χ0v) is 18.2. The molecule has 0 atom stereocenters. The van der Waals surface area contributed by atoms with Crippen molar-refractivity contribution in [1.82, 2.24) is 14.8 Å². The lowest BCUT2D eigenvalue weighted by Crippen LogP contribution is -2.35. The van der Waals surface area contributed by atoms with E-state index < -0.39 is 0 Å². The van der Waals surface area contributed by atoms with Crippen molar-refractivity contribution in [2.75, 3.05) is 32.8 Å². The van der Waals surface area contributed by atoms with Gasteiger partial charge in [0.15, 0.2) is 0 Å². The SMILES string of the molecule is CCOc1ccc(C(=O)N2CCCN(Cc3csc(C(C)(C)C)n3)CC2)cc1. The zero-order chi connectivity index (χ0) is 20.1. The Morgan fingerprint density at radius 3 is 2.54 bits per heavy atom. The molecule has 0 spiro atoms. The first-order chi connectivity index (χ1) is 13.4. The summed E-state index contributed by atoms with van der Waals surface area (Å²) in [4.78, 5) is 22.1. The molecule has 28 heavy (non-hydrogen) atoms. The van der Waals surface area contributed by atoms with Gasteiger partial charge in [-0.05, 0) is 37.6 Å². The molecule has 0 bridgehead atoms. The van der Waals surface area contributed by atoms with Crippen LogP contribution in [0.4, 0.5) is 0 Å². The van der Waals surface area contributed by atoms with Crippen molar-refractivity contribution >= 4 is 17.2 Å². The maximum absolute atomic E-state index is 12.9. The minimum atomic E-state index is 0.0998. The van der Waals surface area contributed by atoms with E-state index >= 15 is 0 Å². The molecule has 1 aromatic heterocycles. The summed E-state index contributed by atoms with van der Waals surface area (Å²) < 4.78 is 5.46. The summed E-state index contributed by atoms with van der Waals surface area (Å²) in [7, 11) is 0. The van der Waals surface area contributed by atoms with E-state index in [1.807, 2.05) is 36.1 Å². The molecular formula is C22H31N3O2S. The summed E-state index contributed by atoms with van der Waals surface area (Å²) in [6.07, 6.45) is 0.985. The standard InChI is InChI=1S/C22H31N3O2S/c1-5-27-19-9-7-17(8-10-19)20(26)25-12-6-11-24(13-14-25)15-18-16-28-21(23-18)22(2,3)4/h7-10,16H,5-6,11-15H2,1-4H3. The maximum Gasteiger partial charge on any atom is 0.253 e. The first-order valence-corrected chi connectivity index (χ1v) is 10.9. The van der Waals surface area contributed by atoms with Gasteiger partial charge in [0.25, 0.3) is 5.91 Å². The first kappa shape index (κ1) is 20.8. The predicted molar refractivity (Wildman–Crippen MR) is 114 cm³/mol. The number of benzene rings is 1. The van der Waals surface area contributed by atoms with E-state index in [0.29, 0.717) is 6.61 Å². The number of hydrogen-bond acceptors (Lipinski definition) is 5. The molecule has 1 aromatic carbocycles. The normalized spacial score (nSPS) is 16.1. The topological polar surface area (TPSA) is 45.7 Å². The monoisotopic (exact) mass is 401 g/mol. The summed E-state index contributed by atoms with van der Waals surface area (Å²) in [5.74, 6) is 0.910. The summed E-state index contributed by atoms with van der Waals surface area (Å²) >= 11 is 1.74. The van der Waals surface area contributed by atoms with Crippen LogP contribution in [0, 0.1) is 0 Å². The van der Waals surface area contributed by atoms with Gasteiger partial charge in [-0.1, -0.05) is 20.8 Å². The molecule has 0 unspecified atom stereocenters. The number of nitrogens with zero attached hydrogens (tertiary/aromatic N) is 3. The number of carbonyl (C=O) groups is 1. The number of amides is 1. The van der Waals surface area contributed by atoms with Crippen molar-refractivity contribution in [2.45, 2.75) is 46.1 Å². The molecule has 0 aliphatic carbocycles. The molecule has 5 nitrogen and oxygen atoms in total. The Kier molecular flexibility index (Phi) is 6.73. The summed E-state index contributed by atoms with van der Waals surface area (Å²) in [6.45, 7) is 13.5. The fraction of sp³-hybridized carbons (Fsp3) is 0.545. The van der Waals surface area contributed by atoms with Gasteiger partial charge in [-0.15, -0.1) is 11.3 Å². The fourth-order valence-corrected chi connectivity index (χ4v) is 4.23. The number of hydrogen-bond donors (Lipinski definition) is 0. The summed E-state index contributed by atoms with van der Waals surface area (Å²) in [6, 6.07) is 7.46. The molecule has 6 heteroatoms. The Balaban J connectivity index is 1.57. The highest BCUT2D eigenvalue weighted by atomic mass is 32.1. The van der Waals surface area contributed by atoms with Crippen molar-refractivity contribution < 1.29 is 9.53 Å². The minimum absolute atomic E-state index is 0.0998. The van der Waals surface area contributed by atoms with Crippen LogP contribution in [0.1, 0.15) is 55.2 Å². The Hall–Kier alpha value is -1.92. The average Bonchev–Trinajstić information content (AvgIpc) is 3.01. The second-order valence-electron chi connectivity index (χ2n) is 8.27. The van der Waals surface area contributed by atoms with E-state index in [2.05, 4.69) is 31.1 Å². The quantitative estimate of drug-likeness (QED) is 0.754. The lowest BCUT2D eigenvalue weighted by atomic mass is 9.98. The molecule has 1 aliphatic heterocycles. The Labute approximate surface area is 172 Å². The highest BCUT2D eigenvalue weighted by Crippen LogP contribution is 2.26. The third-order valence-corrected chi connectivity index (χ3v) is 6.18. The van der Waals surface area contributed by atoms with Gasteiger partial charge in [-0.2, -0.15) is 0 Å². The lowest BCUT2D eigenvalue weighted by molar-refractivity contribution is 0.0761. The van der Waals surface area contributed by atoms with E-state index in [4.69, 9.17) is 9.72 Å². The molecular weight excluding hydrogens is 370 g/mol. The van der Waals surface area contributed by atoms with E-state index in [-0.39, 0.29) is 11.3 Å². The Morgan fingerprint density at radius 1 is 1.14 bits per heavy atom. The van der Waals surface area contributed by atoms with Crippen LogP contribution in [-0.4, -0.2) is 53.5 Å². The van der Waals surface area contributed by atoms with Crippen LogP contribution in [-0.2, 0) is 12.0 Å². The highest BCUT2D eigenvalue weighted by Gasteiger charge is 2.22. The largest absolute Gasteiger partial charge is 0.494 e. The number of rotatable bonds is 5. The van der Waals surface area contributed by atoms with Crippen molar-refractivity contribution in [1.29, 1.82) is 0 Å². The third kappa shape index (κ3) is 5.32. The minimum Gasteiger partial charge on any atom is -0.494 e. The second kappa shape index (κ2) is 9.05. The summed E-state index contributed by atoms with van der Waals surface area (Å²) in [5, 5.41) is 3.36. The second-order valence-corrected chi connectivity index (χ2v) is 9.13. The lowest BCUT2D eigenvalue weighted by Gasteiger charge is -2.22. The molecule has 2 aromatic rings. The van der Waals surface area contributed by atoms with Crippen LogP contribution >= 0.6 is 11.3 Å². The highest BCUT2D eigenvalue weighted by molar-refractivity contribution is 7.09. The smallest absolute Gasteiger partial charge is 0.253 e. The molecule has 2 heterocycles. The Bertz CT molecular complexity index is 780. The van der Waals surface area contributed by atoms with Crippen LogP contribution < -0.4 is 4.74 Å². The van der Waals surface area contributed by atoms with E-state index in [9.17, 15) is 4.79 Å². The molecule has 0 saturated carbocycles. The fourth-order valence-electron chi connectivity index (χ4n) is 3.33. The van der Waals surface area contributed by atoms with Gasteiger partial charge in [0.1, 0.15) is 5.75 Å². The van der Waals surface area contributed by atoms with E-state index in [0.717, 1.165) is 56.2 Å². The van der Waals surface area contributed by atoms with Crippen molar-refractivity contribution in [3.05, 3.63) is 45.9 Å². The molecule has 1 saturated heterocycles. The average molecular weight is 402 g/mol. The third-order valence-electron chi connectivity index (χ3n) is 4.87. The van der Waals surface area contributed by atoms with Crippen molar-refractivity contribution in [3.63, 3.8) is 0 Å². The molecule has 1 fully saturated rings. The predicted octanol–water partition coefficient (Wildman–Crippen LogP) is 4.19. The van der Waals surface area contributed by atoms with Crippen molar-refractivity contribution in [2.24, 2.45) is 0 Å². The van der Waals surface area contributed by atoms with Crippen LogP contribution in [0.2, 0.25) is 0 Å². The maximum atomic E-state index is 12.9. The number of ether oxygens (including phenoxy) is 1. The van der Waals surface area contributed by atoms with E-state index in [1.54, 1.807) is 11.3 Å². The molecule has 1 amide bonds. The van der Waals surface area contributed by atoms with Crippen LogP contribution in [0.25, 0.3) is 0 Å². The van der Waals surface area contributed by atoms with Gasteiger partial charge in [0.2, 0.25) is 0 Å². The molecule has 152 valence electrons. The van der Waals surface area contributed by atoms with Gasteiger partial charge < -0.3 is 9.64 Å². The van der Waals surface area contributed by atoms with E-state index in [1.165, 1.54) is 5.01 Å². The number of thiazole rings is 1. The van der Waals surface area contributed by atoms with Gasteiger partial charge in [-0.25, -0.2) is 4.98 Å². The van der Waals surface area contributed by atoms with Crippen LogP contribution in [0.3, 0.4) is 0 Å². The van der Waals surface area contributed by atoms with Gasteiger partial charge in [-0.3, -0.25) is 9.69 Å². The van der Waals surface area contributed by atoms with Crippen LogP contribution in [0.5, 0.6) is 5.75 Å². The Morgan fingerprint density at radius 2 is 1.89 bits per heavy atom. The number of aromatic nitrogens is 1. The van der Waals surface area contributed by atoms with Crippen LogP contribution in [0.15, 0.2) is 29.6 Å². The van der Waals surface area contributed by atoms with Crippen molar-refractivity contribution in [3.8, 4) is 5.75 Å². The van der Waals surface area contributed by atoms with Gasteiger partial charge >= 0.3 is 0 Å². The van der Waals surface area contributed by atoms with Gasteiger partial charge in [0.05, 0.1) is 17.3 Å². The summed E-state index contributed by atoms with van der Waals surface area (Å²) in [5.41, 5.74) is 1.97. The first-order valence-electron chi connectivity index (χ1n) is 10.1. The molecule has 0 radical (unpaired) electrons. The zero-order valence-electron chi connectivity index (χ0n) is 17.4. The number of carbonyl (C=O) groups excluding carboxylic acids is 1. The molecule has 1 aliphatic rings.